The van der Waals surface area contributed by atoms with Crippen molar-refractivity contribution in [3.05, 3.63) is 54.2 Å². The van der Waals surface area contributed by atoms with E-state index in [1.165, 1.54) is 0 Å². The number of aromatic hydroxyl groups is 1. The summed E-state index contributed by atoms with van der Waals surface area (Å²) in [6.07, 6.45) is 1.88. The molecule has 3 rings (SSSR count). The van der Waals surface area contributed by atoms with E-state index in [9.17, 15) is 5.11 Å². The van der Waals surface area contributed by atoms with Crippen LogP contribution in [0.5, 0.6) is 5.75 Å². The van der Waals surface area contributed by atoms with Crippen LogP contribution in [0.15, 0.2) is 48.7 Å². The van der Waals surface area contributed by atoms with Crippen molar-refractivity contribution in [1.29, 1.82) is 0 Å². The molecule has 0 atom stereocenters. The van der Waals surface area contributed by atoms with E-state index in [1.54, 1.807) is 10.7 Å². The lowest BCUT2D eigenvalue weighted by Gasteiger charge is -2.09. The molecule has 0 fully saturated rings. The first-order chi connectivity index (χ1) is 9.24. The van der Waals surface area contributed by atoms with Gasteiger partial charge in [-0.05, 0) is 16.8 Å². The number of nitrogens with one attached hydrogen (secondary N) is 1. The van der Waals surface area contributed by atoms with Crippen molar-refractivity contribution in [2.75, 3.05) is 5.32 Å². The highest BCUT2D eigenvalue weighted by Gasteiger charge is 2.07. The second-order valence-electron chi connectivity index (χ2n) is 4.51. The minimum absolute atomic E-state index is 0.308. The zero-order chi connectivity index (χ0) is 13.2. The molecular formula is C15H15N3O. The molecule has 0 radical (unpaired) electrons. The molecule has 0 amide bonds. The van der Waals surface area contributed by atoms with Crippen LogP contribution in [0.3, 0.4) is 0 Å². The molecule has 96 valence electrons. The smallest absolute Gasteiger partial charge is 0.148 e. The van der Waals surface area contributed by atoms with Crippen LogP contribution in [0.25, 0.3) is 10.8 Å². The Morgan fingerprint density at radius 2 is 2.00 bits per heavy atom. The maximum Gasteiger partial charge on any atom is 0.148 e. The van der Waals surface area contributed by atoms with Gasteiger partial charge in [-0.1, -0.05) is 30.3 Å². The number of nitrogens with zero attached hydrogens (tertiary/aromatic N) is 2. The largest absolute Gasteiger partial charge is 0.508 e. The molecule has 19 heavy (non-hydrogen) atoms. The summed E-state index contributed by atoms with van der Waals surface area (Å²) in [6, 6.07) is 13.6. The zero-order valence-electron chi connectivity index (χ0n) is 10.7. The molecule has 4 nitrogen and oxygen atoms in total. The zero-order valence-corrected chi connectivity index (χ0v) is 10.7. The first kappa shape index (κ1) is 11.6. The molecular weight excluding hydrogens is 238 g/mol. The Bertz CT molecular complexity index is 718. The lowest BCUT2D eigenvalue weighted by Crippen LogP contribution is -2.02. The average molecular weight is 253 g/mol. The van der Waals surface area contributed by atoms with Crippen molar-refractivity contribution in [3.63, 3.8) is 0 Å². The maximum absolute atomic E-state index is 10.0. The SMILES string of the molecule is Cn1ccc(NCc2c(O)ccc3ccccc23)n1. The van der Waals surface area contributed by atoms with Crippen LogP contribution in [0.4, 0.5) is 5.82 Å². The van der Waals surface area contributed by atoms with E-state index in [0.717, 1.165) is 22.2 Å². The lowest BCUT2D eigenvalue weighted by atomic mass is 10.0. The van der Waals surface area contributed by atoms with Crippen LogP contribution in [0, 0.1) is 0 Å². The molecule has 0 aliphatic rings. The second kappa shape index (κ2) is 4.65. The molecule has 0 aliphatic carbocycles. The van der Waals surface area contributed by atoms with Crippen LogP contribution in [0.2, 0.25) is 0 Å². The first-order valence-corrected chi connectivity index (χ1v) is 6.17. The quantitative estimate of drug-likeness (QED) is 0.754. The van der Waals surface area contributed by atoms with E-state index in [2.05, 4.69) is 10.4 Å². The first-order valence-electron chi connectivity index (χ1n) is 6.17. The summed E-state index contributed by atoms with van der Waals surface area (Å²) in [6.45, 7) is 0.546. The molecule has 0 bridgehead atoms. The summed E-state index contributed by atoms with van der Waals surface area (Å²) in [7, 11) is 1.88. The Hall–Kier alpha value is -2.49. The minimum atomic E-state index is 0.308. The number of aryl methyl sites for hydroxylation is 1. The topological polar surface area (TPSA) is 50.1 Å². The highest BCUT2D eigenvalue weighted by Crippen LogP contribution is 2.27. The van der Waals surface area contributed by atoms with Gasteiger partial charge in [-0.15, -0.1) is 0 Å². The third kappa shape index (κ3) is 2.25. The monoisotopic (exact) mass is 253 g/mol. The Labute approximate surface area is 111 Å². The minimum Gasteiger partial charge on any atom is -0.508 e. The Morgan fingerprint density at radius 3 is 2.79 bits per heavy atom. The van der Waals surface area contributed by atoms with Crippen LogP contribution in [-0.2, 0) is 13.6 Å². The van der Waals surface area contributed by atoms with Gasteiger partial charge in [0.05, 0.1) is 0 Å². The highest BCUT2D eigenvalue weighted by atomic mass is 16.3. The molecule has 2 aromatic carbocycles. The van der Waals surface area contributed by atoms with E-state index in [1.807, 2.05) is 49.6 Å². The van der Waals surface area contributed by atoms with E-state index >= 15 is 0 Å². The number of fused-ring (bicyclic) bond motifs is 1. The van der Waals surface area contributed by atoms with Crippen LogP contribution in [-0.4, -0.2) is 14.9 Å². The maximum atomic E-state index is 10.0. The molecule has 0 aliphatic heterocycles. The van der Waals surface area contributed by atoms with Crippen molar-refractivity contribution in [2.24, 2.45) is 7.05 Å². The second-order valence-corrected chi connectivity index (χ2v) is 4.51. The predicted octanol–water partition coefficient (Wildman–Crippen LogP) is 2.89. The summed E-state index contributed by atoms with van der Waals surface area (Å²) in [4.78, 5) is 0. The van der Waals surface area contributed by atoms with E-state index in [4.69, 9.17) is 0 Å². The molecule has 3 aromatic rings. The van der Waals surface area contributed by atoms with E-state index in [0.29, 0.717) is 12.3 Å². The summed E-state index contributed by atoms with van der Waals surface area (Å²) in [5.74, 6) is 1.11. The van der Waals surface area contributed by atoms with Gasteiger partial charge in [0.2, 0.25) is 0 Å². The normalized spacial score (nSPS) is 10.8. The molecule has 2 N–H and O–H groups in total. The number of phenols is 1. The molecule has 1 aromatic heterocycles. The number of anilines is 1. The van der Waals surface area contributed by atoms with Gasteiger partial charge in [-0.2, -0.15) is 5.10 Å². The summed E-state index contributed by atoms with van der Waals surface area (Å²) >= 11 is 0. The Balaban J connectivity index is 1.93. The van der Waals surface area contributed by atoms with Crippen LogP contribution in [0.1, 0.15) is 5.56 Å². The Kier molecular flexibility index (Phi) is 2.83. The Morgan fingerprint density at radius 1 is 1.16 bits per heavy atom. The molecule has 1 heterocycles. The average Bonchev–Trinajstić information content (AvgIpc) is 2.83. The molecule has 0 unspecified atom stereocenters. The molecule has 0 saturated carbocycles. The molecule has 0 spiro atoms. The van der Waals surface area contributed by atoms with Gasteiger partial charge in [0, 0.05) is 31.4 Å². The van der Waals surface area contributed by atoms with Gasteiger partial charge in [-0.25, -0.2) is 0 Å². The summed E-state index contributed by atoms with van der Waals surface area (Å²) in [5, 5.41) is 19.7. The van der Waals surface area contributed by atoms with Crippen molar-refractivity contribution in [2.45, 2.75) is 6.54 Å². The molecule has 4 heteroatoms. The van der Waals surface area contributed by atoms with Gasteiger partial charge in [0.25, 0.3) is 0 Å². The predicted molar refractivity (Wildman–Crippen MR) is 76.1 cm³/mol. The van der Waals surface area contributed by atoms with Crippen LogP contribution >= 0.6 is 0 Å². The van der Waals surface area contributed by atoms with Gasteiger partial charge in [0.15, 0.2) is 0 Å². The third-order valence-electron chi connectivity index (χ3n) is 3.18. The van der Waals surface area contributed by atoms with Gasteiger partial charge >= 0.3 is 0 Å². The van der Waals surface area contributed by atoms with Crippen molar-refractivity contribution >= 4 is 16.6 Å². The van der Waals surface area contributed by atoms with Gasteiger partial charge < -0.3 is 10.4 Å². The van der Waals surface area contributed by atoms with Crippen LogP contribution < -0.4 is 5.32 Å². The fourth-order valence-corrected chi connectivity index (χ4v) is 2.20. The van der Waals surface area contributed by atoms with Gasteiger partial charge in [-0.3, -0.25) is 4.68 Å². The number of benzene rings is 2. The van der Waals surface area contributed by atoms with E-state index in [-0.39, 0.29) is 0 Å². The lowest BCUT2D eigenvalue weighted by molar-refractivity contribution is 0.470. The van der Waals surface area contributed by atoms with Gasteiger partial charge in [0.1, 0.15) is 11.6 Å². The van der Waals surface area contributed by atoms with Crippen molar-refractivity contribution < 1.29 is 5.11 Å². The molecule has 0 saturated heterocycles. The van der Waals surface area contributed by atoms with Crippen molar-refractivity contribution in [1.82, 2.24) is 9.78 Å². The summed E-state index contributed by atoms with van der Waals surface area (Å²) < 4.78 is 1.74. The third-order valence-corrected chi connectivity index (χ3v) is 3.18. The number of hydrogen-bond acceptors (Lipinski definition) is 3. The standard InChI is InChI=1S/C15H15N3O/c1-18-9-8-15(17-18)16-10-13-12-5-3-2-4-11(12)6-7-14(13)19/h2-9,19H,10H2,1H3,(H,16,17). The van der Waals surface area contributed by atoms with Crippen molar-refractivity contribution in [3.8, 4) is 5.75 Å². The number of hydrogen-bond donors (Lipinski definition) is 2. The number of aromatic nitrogens is 2. The highest BCUT2D eigenvalue weighted by molar-refractivity contribution is 5.87. The fourth-order valence-electron chi connectivity index (χ4n) is 2.20. The number of rotatable bonds is 3. The fraction of sp³-hybridized carbons (Fsp3) is 0.133. The van der Waals surface area contributed by atoms with E-state index < -0.39 is 0 Å². The summed E-state index contributed by atoms with van der Waals surface area (Å²) in [5.41, 5.74) is 0.892. The number of phenolic OH excluding ortho intramolecular Hbond substituents is 1.